The summed E-state index contributed by atoms with van der Waals surface area (Å²) in [6.45, 7) is 8.02. The third kappa shape index (κ3) is 2.84. The van der Waals surface area contributed by atoms with Gasteiger partial charge in [0.05, 0.1) is 6.26 Å². The molecule has 3 rings (SSSR count). The van der Waals surface area contributed by atoms with Gasteiger partial charge in [-0.2, -0.15) is 0 Å². The van der Waals surface area contributed by atoms with Gasteiger partial charge in [0, 0.05) is 11.9 Å². The molecule has 0 aliphatic carbocycles. The number of furan rings is 1. The molecule has 1 radical (unpaired) electrons. The lowest BCUT2D eigenvalue weighted by atomic mass is 9.89. The highest BCUT2D eigenvalue weighted by Crippen LogP contribution is 2.30. The van der Waals surface area contributed by atoms with Gasteiger partial charge in [-0.3, -0.25) is 0 Å². The van der Waals surface area contributed by atoms with Crippen LogP contribution in [0.3, 0.4) is 0 Å². The fraction of sp³-hybridized carbons (Fsp3) is 0.471. The van der Waals surface area contributed by atoms with Gasteiger partial charge >= 0.3 is 0 Å². The number of hydrogen-bond acceptors (Lipinski definition) is 2. The van der Waals surface area contributed by atoms with Gasteiger partial charge < -0.3 is 9.32 Å². The molecule has 2 heterocycles. The number of likely N-dealkylation sites (tertiary alicyclic amines) is 1. The Kier molecular flexibility index (Phi) is 3.61. The van der Waals surface area contributed by atoms with Crippen molar-refractivity contribution >= 4 is 11.0 Å². The maximum atomic E-state index is 5.51. The van der Waals surface area contributed by atoms with Gasteiger partial charge in [0.25, 0.3) is 0 Å². The minimum atomic E-state index is 0.697. The van der Waals surface area contributed by atoms with Crippen molar-refractivity contribution in [2.75, 3.05) is 19.6 Å². The van der Waals surface area contributed by atoms with Crippen LogP contribution < -0.4 is 0 Å². The summed E-state index contributed by atoms with van der Waals surface area (Å²) < 4.78 is 5.51. The average molecular weight is 256 g/mol. The summed E-state index contributed by atoms with van der Waals surface area (Å²) in [5.74, 6) is 2.21. The van der Waals surface area contributed by atoms with Gasteiger partial charge in [-0.05, 0) is 55.5 Å². The first kappa shape index (κ1) is 12.7. The van der Waals surface area contributed by atoms with Crippen LogP contribution in [-0.4, -0.2) is 24.5 Å². The van der Waals surface area contributed by atoms with Gasteiger partial charge in [-0.25, -0.2) is 0 Å². The monoisotopic (exact) mass is 256 g/mol. The van der Waals surface area contributed by atoms with Gasteiger partial charge in [-0.15, -0.1) is 0 Å². The minimum absolute atomic E-state index is 0.697. The number of nitrogens with zero attached hydrogens (tertiary/aromatic N) is 1. The van der Waals surface area contributed by atoms with Gasteiger partial charge in [-0.1, -0.05) is 26.0 Å². The molecule has 1 aliphatic heterocycles. The van der Waals surface area contributed by atoms with Crippen LogP contribution in [0.2, 0.25) is 0 Å². The summed E-state index contributed by atoms with van der Waals surface area (Å²) in [6.07, 6.45) is 4.30. The largest absolute Gasteiger partial charge is 0.464 e. The van der Waals surface area contributed by atoms with E-state index in [2.05, 4.69) is 36.9 Å². The Labute approximate surface area is 115 Å². The Morgan fingerprint density at radius 3 is 2.74 bits per heavy atom. The highest BCUT2D eigenvalue weighted by atomic mass is 16.3. The Balaban J connectivity index is 1.67. The number of benzene rings is 1. The second-order valence-electron chi connectivity index (χ2n) is 5.98. The Hall–Kier alpha value is -1.28. The van der Waals surface area contributed by atoms with Crippen LogP contribution in [0.5, 0.6) is 0 Å². The zero-order valence-corrected chi connectivity index (χ0v) is 11.9. The second-order valence-corrected chi connectivity index (χ2v) is 5.98. The van der Waals surface area contributed by atoms with E-state index in [4.69, 9.17) is 4.42 Å². The van der Waals surface area contributed by atoms with Crippen molar-refractivity contribution in [3.63, 3.8) is 0 Å². The molecule has 0 saturated carbocycles. The van der Waals surface area contributed by atoms with E-state index >= 15 is 0 Å². The number of piperidine rings is 1. The normalized spacial score (nSPS) is 18.5. The highest BCUT2D eigenvalue weighted by molar-refractivity contribution is 5.77. The van der Waals surface area contributed by atoms with E-state index in [0.717, 1.165) is 12.1 Å². The lowest BCUT2D eigenvalue weighted by molar-refractivity contribution is 0.220. The summed E-state index contributed by atoms with van der Waals surface area (Å²) in [5.41, 5.74) is 2.47. The molecule has 1 saturated heterocycles. The molecular formula is C17H22NO. The molecule has 0 bridgehead atoms. The molecule has 1 aliphatic rings. The second kappa shape index (κ2) is 5.38. The Morgan fingerprint density at radius 1 is 1.21 bits per heavy atom. The van der Waals surface area contributed by atoms with Gasteiger partial charge in [0.15, 0.2) is 0 Å². The van der Waals surface area contributed by atoms with Crippen molar-refractivity contribution < 1.29 is 4.42 Å². The van der Waals surface area contributed by atoms with Crippen LogP contribution in [0.4, 0.5) is 0 Å². The summed E-state index contributed by atoms with van der Waals surface area (Å²) in [4.78, 5) is 2.57. The van der Waals surface area contributed by atoms with Crippen molar-refractivity contribution in [2.24, 2.45) is 0 Å². The fourth-order valence-electron chi connectivity index (χ4n) is 3.10. The molecule has 0 N–H and O–H groups in total. The zero-order chi connectivity index (χ0) is 13.2. The van der Waals surface area contributed by atoms with Crippen LogP contribution in [0.15, 0.2) is 34.9 Å². The smallest absolute Gasteiger partial charge is 0.134 e. The summed E-state index contributed by atoms with van der Waals surface area (Å²) in [6, 6.07) is 8.72. The molecule has 101 valence electrons. The summed E-state index contributed by atoms with van der Waals surface area (Å²) >= 11 is 0. The molecule has 0 atom stereocenters. The molecule has 0 amide bonds. The molecule has 1 fully saturated rings. The standard InChI is InChI=1S/C17H22NO/c1-13(2)12-18-8-5-14(6-9-18)16-4-3-15-7-10-19-17(15)11-16/h3-4,7,10-11,14H,5-6,8-9,12H2,1-2H3. The van der Waals surface area contributed by atoms with Crippen LogP contribution >= 0.6 is 0 Å². The third-order valence-corrected chi connectivity index (χ3v) is 4.08. The summed E-state index contributed by atoms with van der Waals surface area (Å²) in [7, 11) is 0. The Morgan fingerprint density at radius 2 is 2.00 bits per heavy atom. The maximum absolute atomic E-state index is 5.51. The molecular weight excluding hydrogens is 234 g/mol. The van der Waals surface area contributed by atoms with E-state index in [1.165, 1.54) is 42.8 Å². The van der Waals surface area contributed by atoms with Gasteiger partial charge in [0.2, 0.25) is 0 Å². The van der Waals surface area contributed by atoms with E-state index in [9.17, 15) is 0 Å². The maximum Gasteiger partial charge on any atom is 0.134 e. The molecule has 19 heavy (non-hydrogen) atoms. The molecule has 0 unspecified atom stereocenters. The van der Waals surface area contributed by atoms with E-state index in [-0.39, 0.29) is 0 Å². The van der Waals surface area contributed by atoms with Crippen molar-refractivity contribution in [1.82, 2.24) is 4.90 Å². The third-order valence-electron chi connectivity index (χ3n) is 4.08. The van der Waals surface area contributed by atoms with Crippen molar-refractivity contribution in [2.45, 2.75) is 32.6 Å². The van der Waals surface area contributed by atoms with Crippen LogP contribution in [-0.2, 0) is 0 Å². The lowest BCUT2D eigenvalue weighted by Crippen LogP contribution is -2.35. The SMILES string of the molecule is C[C](C)CN1CCC(c2ccc3ccoc3c2)CC1. The van der Waals surface area contributed by atoms with Crippen LogP contribution in [0.1, 0.15) is 38.2 Å². The molecule has 2 heteroatoms. The van der Waals surface area contributed by atoms with Gasteiger partial charge in [0.1, 0.15) is 5.58 Å². The topological polar surface area (TPSA) is 16.4 Å². The van der Waals surface area contributed by atoms with E-state index < -0.39 is 0 Å². The minimum Gasteiger partial charge on any atom is -0.464 e. The fourth-order valence-corrected chi connectivity index (χ4v) is 3.10. The Bertz CT molecular complexity index is 535. The first-order chi connectivity index (χ1) is 9.22. The predicted molar refractivity (Wildman–Crippen MR) is 79.2 cm³/mol. The molecule has 0 spiro atoms. The summed E-state index contributed by atoms with van der Waals surface area (Å²) in [5, 5.41) is 1.21. The lowest BCUT2D eigenvalue weighted by Gasteiger charge is -2.33. The average Bonchev–Trinajstić information content (AvgIpc) is 2.86. The number of rotatable bonds is 3. The molecule has 2 aromatic rings. The highest BCUT2D eigenvalue weighted by Gasteiger charge is 2.21. The first-order valence-corrected chi connectivity index (χ1v) is 7.21. The van der Waals surface area contributed by atoms with E-state index in [0.29, 0.717) is 5.92 Å². The number of hydrogen-bond donors (Lipinski definition) is 0. The predicted octanol–water partition coefficient (Wildman–Crippen LogP) is 4.23. The molecule has 2 nitrogen and oxygen atoms in total. The number of fused-ring (bicyclic) bond motifs is 1. The molecule has 1 aromatic heterocycles. The van der Waals surface area contributed by atoms with E-state index in [1.807, 2.05) is 6.07 Å². The quantitative estimate of drug-likeness (QED) is 0.817. The van der Waals surface area contributed by atoms with Crippen molar-refractivity contribution in [3.8, 4) is 0 Å². The van der Waals surface area contributed by atoms with Crippen molar-refractivity contribution in [1.29, 1.82) is 0 Å². The zero-order valence-electron chi connectivity index (χ0n) is 11.9. The first-order valence-electron chi connectivity index (χ1n) is 7.21. The van der Waals surface area contributed by atoms with Crippen LogP contribution in [0.25, 0.3) is 11.0 Å². The molecule has 1 aromatic carbocycles. The van der Waals surface area contributed by atoms with Crippen molar-refractivity contribution in [3.05, 3.63) is 42.0 Å². The van der Waals surface area contributed by atoms with Crippen LogP contribution in [0, 0.1) is 5.92 Å². The van der Waals surface area contributed by atoms with E-state index in [1.54, 1.807) is 6.26 Å².